The highest BCUT2D eigenvalue weighted by molar-refractivity contribution is 7.85. The summed E-state index contributed by atoms with van der Waals surface area (Å²) < 4.78 is 31.5. The molecule has 0 aliphatic carbocycles. The molecule has 0 aromatic heterocycles. The van der Waals surface area contributed by atoms with E-state index in [1.165, 1.54) is 6.07 Å². The molecule has 2 rings (SSSR count). The second-order valence-corrected chi connectivity index (χ2v) is 5.19. The van der Waals surface area contributed by atoms with Crippen molar-refractivity contribution in [3.63, 3.8) is 0 Å². The van der Waals surface area contributed by atoms with Crippen LogP contribution < -0.4 is 5.32 Å². The summed E-state index contributed by atoms with van der Waals surface area (Å²) in [6.45, 7) is 0.333. The molecular formula is C13H13NO3S. The van der Waals surface area contributed by atoms with Crippen LogP contribution in [0.5, 0.6) is 0 Å². The minimum absolute atomic E-state index is 0.0616. The molecule has 4 nitrogen and oxygen atoms in total. The summed E-state index contributed by atoms with van der Waals surface area (Å²) in [5.74, 6) is 0. The highest BCUT2D eigenvalue weighted by atomic mass is 32.2. The van der Waals surface area contributed by atoms with Crippen molar-refractivity contribution < 1.29 is 13.0 Å². The molecule has 94 valence electrons. The predicted molar refractivity (Wildman–Crippen MR) is 70.0 cm³/mol. The van der Waals surface area contributed by atoms with Gasteiger partial charge >= 0.3 is 0 Å². The van der Waals surface area contributed by atoms with E-state index in [0.29, 0.717) is 12.1 Å². The van der Waals surface area contributed by atoms with Crippen LogP contribution in [0.15, 0.2) is 59.5 Å². The zero-order valence-corrected chi connectivity index (χ0v) is 10.4. The van der Waals surface area contributed by atoms with Gasteiger partial charge in [-0.05, 0) is 23.8 Å². The molecule has 0 aliphatic heterocycles. The summed E-state index contributed by atoms with van der Waals surface area (Å²) in [4.78, 5) is -0.0616. The van der Waals surface area contributed by atoms with Gasteiger partial charge < -0.3 is 5.32 Å². The van der Waals surface area contributed by atoms with Crippen LogP contribution in [-0.2, 0) is 16.7 Å². The average molecular weight is 263 g/mol. The summed E-state index contributed by atoms with van der Waals surface area (Å²) in [5, 5.41) is 3.10. The van der Waals surface area contributed by atoms with Crippen molar-refractivity contribution in [2.45, 2.75) is 11.4 Å². The smallest absolute Gasteiger partial charge is 0.294 e. The lowest BCUT2D eigenvalue weighted by molar-refractivity contribution is 0.482. The maximum atomic E-state index is 11.2. The van der Waals surface area contributed by atoms with Gasteiger partial charge in [-0.1, -0.05) is 36.4 Å². The fourth-order valence-corrected chi connectivity index (χ4v) is 2.38. The Balaban J connectivity index is 2.20. The Morgan fingerprint density at radius 1 is 0.944 bits per heavy atom. The van der Waals surface area contributed by atoms with E-state index >= 15 is 0 Å². The Labute approximate surface area is 106 Å². The van der Waals surface area contributed by atoms with Gasteiger partial charge in [-0.15, -0.1) is 0 Å². The highest BCUT2D eigenvalue weighted by Crippen LogP contribution is 2.16. The fraction of sp³-hybridized carbons (Fsp3) is 0.0769. The van der Waals surface area contributed by atoms with Gasteiger partial charge in [0.2, 0.25) is 0 Å². The standard InChI is InChI=1S/C13H13NO3S/c15-18(16,17)13-9-5-4-6-11(13)10-14-12-7-2-1-3-8-12/h1-9,14H,10H2,(H,15,16,17). The van der Waals surface area contributed by atoms with Gasteiger partial charge in [-0.2, -0.15) is 8.42 Å². The van der Waals surface area contributed by atoms with Crippen LogP contribution in [0.3, 0.4) is 0 Å². The maximum Gasteiger partial charge on any atom is 0.294 e. The van der Waals surface area contributed by atoms with E-state index in [2.05, 4.69) is 5.32 Å². The van der Waals surface area contributed by atoms with E-state index in [0.717, 1.165) is 5.69 Å². The first-order valence-electron chi connectivity index (χ1n) is 5.42. The van der Waals surface area contributed by atoms with Crippen LogP contribution in [-0.4, -0.2) is 13.0 Å². The molecule has 0 unspecified atom stereocenters. The second-order valence-electron chi connectivity index (χ2n) is 3.80. The first-order valence-corrected chi connectivity index (χ1v) is 6.86. The van der Waals surface area contributed by atoms with E-state index in [4.69, 9.17) is 4.55 Å². The SMILES string of the molecule is O=S(=O)(O)c1ccccc1CNc1ccccc1. The largest absolute Gasteiger partial charge is 0.381 e. The van der Waals surface area contributed by atoms with Gasteiger partial charge in [0.25, 0.3) is 10.1 Å². The third kappa shape index (κ3) is 3.09. The molecular weight excluding hydrogens is 250 g/mol. The lowest BCUT2D eigenvalue weighted by atomic mass is 10.2. The second kappa shape index (κ2) is 5.20. The minimum atomic E-state index is -4.18. The van der Waals surface area contributed by atoms with Crippen LogP contribution in [0.2, 0.25) is 0 Å². The topological polar surface area (TPSA) is 66.4 Å². The number of anilines is 1. The number of para-hydroxylation sites is 1. The fourth-order valence-electron chi connectivity index (χ4n) is 1.65. The normalized spacial score (nSPS) is 11.2. The summed E-state index contributed by atoms with van der Waals surface area (Å²) >= 11 is 0. The zero-order valence-electron chi connectivity index (χ0n) is 9.58. The number of nitrogens with one attached hydrogen (secondary N) is 1. The number of hydrogen-bond donors (Lipinski definition) is 2. The maximum absolute atomic E-state index is 11.2. The van der Waals surface area contributed by atoms with Crippen molar-refractivity contribution in [1.82, 2.24) is 0 Å². The van der Waals surface area contributed by atoms with E-state index in [9.17, 15) is 8.42 Å². The Kier molecular flexibility index (Phi) is 3.64. The molecule has 18 heavy (non-hydrogen) atoms. The summed E-state index contributed by atoms with van der Waals surface area (Å²) in [6.07, 6.45) is 0. The molecule has 2 aromatic rings. The van der Waals surface area contributed by atoms with E-state index < -0.39 is 10.1 Å². The lowest BCUT2D eigenvalue weighted by Gasteiger charge is -2.09. The van der Waals surface area contributed by atoms with Gasteiger partial charge in [0.1, 0.15) is 0 Å². The van der Waals surface area contributed by atoms with Crippen LogP contribution in [0.25, 0.3) is 0 Å². The predicted octanol–water partition coefficient (Wildman–Crippen LogP) is 2.55. The van der Waals surface area contributed by atoms with Crippen molar-refractivity contribution in [3.8, 4) is 0 Å². The molecule has 0 atom stereocenters. The van der Waals surface area contributed by atoms with Crippen molar-refractivity contribution in [3.05, 3.63) is 60.2 Å². The number of rotatable bonds is 4. The van der Waals surface area contributed by atoms with Gasteiger partial charge in [0, 0.05) is 12.2 Å². The highest BCUT2D eigenvalue weighted by Gasteiger charge is 2.13. The third-order valence-electron chi connectivity index (χ3n) is 2.51. The Morgan fingerprint density at radius 2 is 1.56 bits per heavy atom. The first kappa shape index (κ1) is 12.6. The van der Waals surface area contributed by atoms with E-state index in [1.54, 1.807) is 18.2 Å². The van der Waals surface area contributed by atoms with Crippen molar-refractivity contribution >= 4 is 15.8 Å². The van der Waals surface area contributed by atoms with Gasteiger partial charge in [0.15, 0.2) is 0 Å². The van der Waals surface area contributed by atoms with E-state index in [-0.39, 0.29) is 4.90 Å². The van der Waals surface area contributed by atoms with Crippen LogP contribution in [0.4, 0.5) is 5.69 Å². The molecule has 2 aromatic carbocycles. The van der Waals surface area contributed by atoms with E-state index in [1.807, 2.05) is 30.3 Å². The molecule has 0 amide bonds. The average Bonchev–Trinajstić information content (AvgIpc) is 2.37. The molecule has 0 aliphatic rings. The van der Waals surface area contributed by atoms with Crippen LogP contribution >= 0.6 is 0 Å². The van der Waals surface area contributed by atoms with Crippen molar-refractivity contribution in [1.29, 1.82) is 0 Å². The zero-order chi connectivity index (χ0) is 13.0. The molecule has 0 saturated carbocycles. The summed E-state index contributed by atoms with van der Waals surface area (Å²) in [6, 6.07) is 15.8. The molecule has 0 fully saturated rings. The Hall–Kier alpha value is -1.85. The quantitative estimate of drug-likeness (QED) is 0.832. The van der Waals surface area contributed by atoms with Crippen molar-refractivity contribution in [2.75, 3.05) is 5.32 Å². The molecule has 5 heteroatoms. The van der Waals surface area contributed by atoms with Gasteiger partial charge in [-0.3, -0.25) is 4.55 Å². The Morgan fingerprint density at radius 3 is 2.22 bits per heavy atom. The molecule has 0 radical (unpaired) electrons. The molecule has 0 spiro atoms. The Bertz CT molecular complexity index is 624. The van der Waals surface area contributed by atoms with Crippen molar-refractivity contribution in [2.24, 2.45) is 0 Å². The summed E-state index contributed by atoms with van der Waals surface area (Å²) in [7, 11) is -4.18. The first-order chi connectivity index (χ1) is 8.57. The summed E-state index contributed by atoms with van der Waals surface area (Å²) in [5.41, 5.74) is 1.42. The van der Waals surface area contributed by atoms with Crippen LogP contribution in [0, 0.1) is 0 Å². The number of benzene rings is 2. The number of hydrogen-bond acceptors (Lipinski definition) is 3. The van der Waals surface area contributed by atoms with Gasteiger partial charge in [-0.25, -0.2) is 0 Å². The molecule has 0 saturated heterocycles. The third-order valence-corrected chi connectivity index (χ3v) is 3.46. The monoisotopic (exact) mass is 263 g/mol. The molecule has 0 heterocycles. The lowest BCUT2D eigenvalue weighted by Crippen LogP contribution is -2.07. The molecule has 0 bridgehead atoms. The molecule has 2 N–H and O–H groups in total. The minimum Gasteiger partial charge on any atom is -0.381 e. The van der Waals surface area contributed by atoms with Gasteiger partial charge in [0.05, 0.1) is 4.90 Å². The van der Waals surface area contributed by atoms with Crippen LogP contribution in [0.1, 0.15) is 5.56 Å².